The molecule has 3 N–H and O–H groups in total. The second-order valence-electron chi connectivity index (χ2n) is 6.26. The van der Waals surface area contributed by atoms with Crippen LogP contribution >= 0.6 is 15.9 Å². The molecule has 2 aromatic rings. The molecule has 0 fully saturated rings. The summed E-state index contributed by atoms with van der Waals surface area (Å²) in [5, 5.41) is 22.3. The first-order chi connectivity index (χ1) is 12.4. The highest BCUT2D eigenvalue weighted by atomic mass is 79.9. The van der Waals surface area contributed by atoms with Crippen molar-refractivity contribution in [2.45, 2.75) is 25.2 Å². The minimum atomic E-state index is -1.48. The van der Waals surface area contributed by atoms with Crippen molar-refractivity contribution in [1.29, 1.82) is 0 Å². The van der Waals surface area contributed by atoms with Crippen molar-refractivity contribution < 1.29 is 19.4 Å². The molecule has 0 atom stereocenters. The van der Waals surface area contributed by atoms with Crippen molar-refractivity contribution in [2.75, 3.05) is 6.54 Å². The van der Waals surface area contributed by atoms with E-state index < -0.39 is 7.12 Å². The molecule has 0 spiro atoms. The minimum Gasteiger partial charge on any atom is -0.423 e. The van der Waals surface area contributed by atoms with E-state index in [-0.39, 0.29) is 5.91 Å². The number of pyridine rings is 1. The Balaban J connectivity index is 1.99. The van der Waals surface area contributed by atoms with E-state index in [0.29, 0.717) is 29.5 Å². The van der Waals surface area contributed by atoms with E-state index in [0.717, 1.165) is 23.1 Å². The molecule has 0 aliphatic rings. The molecule has 1 heterocycles. The van der Waals surface area contributed by atoms with Crippen LogP contribution in [0.2, 0.25) is 0 Å². The summed E-state index contributed by atoms with van der Waals surface area (Å²) in [6.07, 6.45) is 4.71. The summed E-state index contributed by atoms with van der Waals surface area (Å²) < 4.78 is 2.02. The van der Waals surface area contributed by atoms with E-state index in [4.69, 9.17) is 0 Å². The molecule has 0 radical (unpaired) electrons. The summed E-state index contributed by atoms with van der Waals surface area (Å²) in [6, 6.07) is 9.64. The lowest BCUT2D eigenvalue weighted by Crippen LogP contribution is -2.35. The first kappa shape index (κ1) is 20.4. The molecule has 1 amide bonds. The van der Waals surface area contributed by atoms with Crippen LogP contribution in [0.15, 0.2) is 54.9 Å². The molecular formula is C19H23BBrN2O3+. The van der Waals surface area contributed by atoms with Gasteiger partial charge >= 0.3 is 7.12 Å². The van der Waals surface area contributed by atoms with E-state index in [1.165, 1.54) is 0 Å². The highest BCUT2D eigenvalue weighted by Crippen LogP contribution is 2.08. The van der Waals surface area contributed by atoms with E-state index in [1.807, 2.05) is 35.2 Å². The zero-order valence-corrected chi connectivity index (χ0v) is 16.4. The van der Waals surface area contributed by atoms with Gasteiger partial charge in [-0.25, -0.2) is 4.57 Å². The summed E-state index contributed by atoms with van der Waals surface area (Å²) >= 11 is 3.41. The van der Waals surface area contributed by atoms with Crippen LogP contribution in [0, 0.1) is 0 Å². The van der Waals surface area contributed by atoms with Crippen LogP contribution < -0.4 is 15.3 Å². The maximum atomic E-state index is 11.5. The van der Waals surface area contributed by atoms with Crippen LogP contribution in [0.3, 0.4) is 0 Å². The summed E-state index contributed by atoms with van der Waals surface area (Å²) in [6.45, 7) is 6.50. The van der Waals surface area contributed by atoms with Gasteiger partial charge in [0.15, 0.2) is 18.9 Å². The standard InChI is InChI=1S/C19H22BBrN2O3/c1-14(2)19(24)22-6-3-15-4-7-23(8-5-15)13-17-9-16(12-21)10-18(11-17)20(25)26/h4-5,7-11,25-26H,1,3,6,12-13H2,2H3/p+1. The monoisotopic (exact) mass is 417 g/mol. The SMILES string of the molecule is C=C(C)C(=O)NCCc1cc[n+](Cc2cc(CBr)cc(B(O)O)c2)cc1. The third kappa shape index (κ3) is 6.09. The number of rotatable bonds is 8. The van der Waals surface area contributed by atoms with Crippen molar-refractivity contribution in [3.8, 4) is 0 Å². The smallest absolute Gasteiger partial charge is 0.423 e. The lowest BCUT2D eigenvalue weighted by molar-refractivity contribution is -0.688. The van der Waals surface area contributed by atoms with E-state index >= 15 is 0 Å². The Labute approximate surface area is 162 Å². The molecule has 0 aliphatic carbocycles. The Morgan fingerprint density at radius 1 is 1.19 bits per heavy atom. The second kappa shape index (κ2) is 9.66. The van der Waals surface area contributed by atoms with E-state index in [9.17, 15) is 14.8 Å². The van der Waals surface area contributed by atoms with Gasteiger partial charge in [-0.15, -0.1) is 0 Å². The van der Waals surface area contributed by atoms with Crippen molar-refractivity contribution >= 4 is 34.4 Å². The Morgan fingerprint density at radius 2 is 1.85 bits per heavy atom. The topological polar surface area (TPSA) is 73.4 Å². The van der Waals surface area contributed by atoms with Gasteiger partial charge in [0, 0.05) is 35.1 Å². The predicted molar refractivity (Wildman–Crippen MR) is 106 cm³/mol. The Kier molecular flexibility index (Phi) is 7.57. The van der Waals surface area contributed by atoms with Crippen LogP contribution in [0.1, 0.15) is 23.6 Å². The Bertz CT molecular complexity index is 779. The van der Waals surface area contributed by atoms with Crippen LogP contribution in [0.4, 0.5) is 0 Å². The number of hydrogen-bond donors (Lipinski definition) is 3. The maximum absolute atomic E-state index is 11.5. The highest BCUT2D eigenvalue weighted by molar-refractivity contribution is 9.08. The fraction of sp³-hybridized carbons (Fsp3) is 0.263. The maximum Gasteiger partial charge on any atom is 0.488 e. The number of hydrogen-bond acceptors (Lipinski definition) is 3. The van der Waals surface area contributed by atoms with Gasteiger partial charge in [-0.3, -0.25) is 4.79 Å². The zero-order chi connectivity index (χ0) is 19.1. The molecule has 26 heavy (non-hydrogen) atoms. The Morgan fingerprint density at radius 3 is 2.42 bits per heavy atom. The van der Waals surface area contributed by atoms with Gasteiger partial charge in [0.25, 0.3) is 0 Å². The minimum absolute atomic E-state index is 0.121. The quantitative estimate of drug-likeness (QED) is 0.258. The Hall–Kier alpha value is -1.96. The van der Waals surface area contributed by atoms with Gasteiger partial charge in [-0.2, -0.15) is 0 Å². The first-order valence-corrected chi connectivity index (χ1v) is 9.47. The largest absolute Gasteiger partial charge is 0.488 e. The number of aromatic nitrogens is 1. The highest BCUT2D eigenvalue weighted by Gasteiger charge is 2.14. The number of halogens is 1. The first-order valence-electron chi connectivity index (χ1n) is 8.35. The average Bonchev–Trinajstić information content (AvgIpc) is 2.62. The van der Waals surface area contributed by atoms with Gasteiger partial charge in [0.1, 0.15) is 0 Å². The van der Waals surface area contributed by atoms with Gasteiger partial charge < -0.3 is 15.4 Å². The molecule has 5 nitrogen and oxygen atoms in total. The van der Waals surface area contributed by atoms with Crippen molar-refractivity contribution in [2.24, 2.45) is 0 Å². The molecule has 1 aromatic carbocycles. The van der Waals surface area contributed by atoms with Gasteiger partial charge in [0.05, 0.1) is 0 Å². The zero-order valence-electron chi connectivity index (χ0n) is 14.8. The number of amides is 1. The predicted octanol–water partition coefficient (Wildman–Crippen LogP) is 0.832. The summed E-state index contributed by atoms with van der Waals surface area (Å²) in [4.78, 5) is 11.5. The molecule has 0 aliphatic heterocycles. The van der Waals surface area contributed by atoms with Crippen molar-refractivity contribution in [3.05, 3.63) is 71.6 Å². The van der Waals surface area contributed by atoms with E-state index in [2.05, 4.69) is 27.8 Å². The third-order valence-corrected chi connectivity index (χ3v) is 4.59. The molecule has 0 bridgehead atoms. The summed E-state index contributed by atoms with van der Waals surface area (Å²) in [5.74, 6) is -0.121. The van der Waals surface area contributed by atoms with Gasteiger partial charge in [0.2, 0.25) is 5.91 Å². The fourth-order valence-corrected chi connectivity index (χ4v) is 2.87. The fourth-order valence-electron chi connectivity index (χ4n) is 2.55. The number of carbonyl (C=O) groups excluding carboxylic acids is 1. The molecule has 0 saturated carbocycles. The molecule has 1 aromatic heterocycles. The number of nitrogens with zero attached hydrogens (tertiary/aromatic N) is 1. The van der Waals surface area contributed by atoms with E-state index in [1.54, 1.807) is 19.1 Å². The van der Waals surface area contributed by atoms with Gasteiger partial charge in [-0.1, -0.05) is 34.6 Å². The van der Waals surface area contributed by atoms with Crippen LogP contribution in [-0.2, 0) is 23.1 Å². The molecule has 136 valence electrons. The molecule has 7 heteroatoms. The van der Waals surface area contributed by atoms with Crippen molar-refractivity contribution in [1.82, 2.24) is 5.32 Å². The third-order valence-electron chi connectivity index (χ3n) is 3.94. The second-order valence-corrected chi connectivity index (χ2v) is 6.82. The number of carbonyl (C=O) groups is 1. The molecule has 0 unspecified atom stereocenters. The van der Waals surface area contributed by atoms with Crippen LogP contribution in [-0.4, -0.2) is 29.6 Å². The van der Waals surface area contributed by atoms with Gasteiger partial charge in [-0.05, 0) is 36.0 Å². The number of benzene rings is 1. The summed E-state index contributed by atoms with van der Waals surface area (Å²) in [5.41, 5.74) is 4.12. The number of alkyl halides is 1. The number of nitrogens with one attached hydrogen (secondary N) is 1. The van der Waals surface area contributed by atoms with Crippen LogP contribution in [0.5, 0.6) is 0 Å². The normalized spacial score (nSPS) is 10.5. The lowest BCUT2D eigenvalue weighted by Gasteiger charge is -2.07. The average molecular weight is 418 g/mol. The molecule has 2 rings (SSSR count). The lowest BCUT2D eigenvalue weighted by atomic mass is 9.79. The summed E-state index contributed by atoms with van der Waals surface area (Å²) in [7, 11) is -1.48. The molecular weight excluding hydrogens is 395 g/mol. The molecule has 0 saturated heterocycles. The van der Waals surface area contributed by atoms with Crippen molar-refractivity contribution in [3.63, 3.8) is 0 Å². The van der Waals surface area contributed by atoms with Crippen LogP contribution in [0.25, 0.3) is 0 Å².